The number of benzene rings is 1. The van der Waals surface area contributed by atoms with Crippen molar-refractivity contribution < 1.29 is 4.79 Å². The van der Waals surface area contributed by atoms with Crippen LogP contribution in [-0.4, -0.2) is 75.0 Å². The van der Waals surface area contributed by atoms with Crippen LogP contribution in [0.15, 0.2) is 30.6 Å². The number of aryl methyl sites for hydroxylation is 1. The molecular formula is C19H22N8O. The lowest BCUT2D eigenvalue weighted by Gasteiger charge is -2.35. The maximum atomic E-state index is 12.8. The van der Waals surface area contributed by atoms with E-state index >= 15 is 0 Å². The minimum absolute atomic E-state index is 0.178. The van der Waals surface area contributed by atoms with Gasteiger partial charge in [-0.05, 0) is 18.1 Å². The summed E-state index contributed by atoms with van der Waals surface area (Å²) in [5.41, 5.74) is 3.79. The van der Waals surface area contributed by atoms with Crippen LogP contribution < -0.4 is 9.80 Å². The summed E-state index contributed by atoms with van der Waals surface area (Å²) in [6, 6.07) is 8.18. The minimum atomic E-state index is 0.178. The molecule has 0 atom stereocenters. The summed E-state index contributed by atoms with van der Waals surface area (Å²) in [5, 5.41) is 8.25. The third-order valence-corrected chi connectivity index (χ3v) is 5.59. The van der Waals surface area contributed by atoms with E-state index in [2.05, 4.69) is 36.1 Å². The molecule has 1 amide bonds. The van der Waals surface area contributed by atoms with Crippen LogP contribution in [0.2, 0.25) is 0 Å². The fraction of sp³-hybridized carbons (Fsp3) is 0.421. The van der Waals surface area contributed by atoms with Gasteiger partial charge in [0.05, 0.1) is 6.54 Å². The fourth-order valence-corrected chi connectivity index (χ4v) is 4.06. The number of amides is 1. The lowest BCUT2D eigenvalue weighted by molar-refractivity contribution is -0.119. The molecule has 0 N–H and O–H groups in total. The molecule has 0 bridgehead atoms. The summed E-state index contributed by atoms with van der Waals surface area (Å²) in [7, 11) is 1.83. The highest BCUT2D eigenvalue weighted by atomic mass is 16.2. The Morgan fingerprint density at radius 2 is 1.89 bits per heavy atom. The summed E-state index contributed by atoms with van der Waals surface area (Å²) in [6.45, 7) is 4.45. The van der Waals surface area contributed by atoms with Crippen LogP contribution in [0.5, 0.6) is 0 Å². The summed E-state index contributed by atoms with van der Waals surface area (Å²) in [4.78, 5) is 27.9. The van der Waals surface area contributed by atoms with Crippen molar-refractivity contribution in [1.82, 2.24) is 29.9 Å². The van der Waals surface area contributed by atoms with Crippen molar-refractivity contribution >= 4 is 28.6 Å². The zero-order valence-corrected chi connectivity index (χ0v) is 15.8. The highest BCUT2D eigenvalue weighted by molar-refractivity contribution is 5.96. The van der Waals surface area contributed by atoms with Crippen molar-refractivity contribution in [1.29, 1.82) is 0 Å². The molecule has 28 heavy (non-hydrogen) atoms. The monoisotopic (exact) mass is 378 g/mol. The summed E-state index contributed by atoms with van der Waals surface area (Å²) >= 11 is 0. The number of hydrogen-bond donors (Lipinski definition) is 0. The van der Waals surface area contributed by atoms with E-state index in [4.69, 9.17) is 0 Å². The van der Waals surface area contributed by atoms with Gasteiger partial charge < -0.3 is 9.80 Å². The van der Waals surface area contributed by atoms with Gasteiger partial charge >= 0.3 is 0 Å². The third-order valence-electron chi connectivity index (χ3n) is 5.59. The summed E-state index contributed by atoms with van der Waals surface area (Å²) in [5.74, 6) is 0.995. The molecule has 0 unspecified atom stereocenters. The Hall–Kier alpha value is -3.07. The van der Waals surface area contributed by atoms with E-state index in [1.54, 1.807) is 11.0 Å². The molecule has 5 rings (SSSR count). The summed E-state index contributed by atoms with van der Waals surface area (Å²) < 4.78 is 1.66. The number of hydrogen-bond acceptors (Lipinski definition) is 7. The zero-order valence-electron chi connectivity index (χ0n) is 15.8. The average molecular weight is 378 g/mol. The van der Waals surface area contributed by atoms with Crippen molar-refractivity contribution in [3.8, 4) is 0 Å². The number of carbonyl (C=O) groups is 1. The number of piperazine rings is 1. The van der Waals surface area contributed by atoms with E-state index in [1.807, 2.05) is 30.1 Å². The van der Waals surface area contributed by atoms with E-state index in [0.29, 0.717) is 6.54 Å². The number of aromatic nitrogens is 5. The van der Waals surface area contributed by atoms with E-state index in [-0.39, 0.29) is 5.91 Å². The SMILES string of the molecule is Cn1nnc2c(N3CCN(CC(=O)N4CCc5ccccc54)CC3)ncnc21. The molecule has 0 saturated carbocycles. The molecule has 3 aromatic rings. The van der Waals surface area contributed by atoms with E-state index < -0.39 is 0 Å². The Morgan fingerprint density at radius 3 is 2.75 bits per heavy atom. The molecule has 2 aromatic heterocycles. The Balaban J connectivity index is 1.23. The predicted octanol–water partition coefficient (Wildman–Crippen LogP) is 0.470. The maximum absolute atomic E-state index is 12.8. The maximum Gasteiger partial charge on any atom is 0.241 e. The van der Waals surface area contributed by atoms with Crippen LogP contribution in [0, 0.1) is 0 Å². The molecule has 1 aromatic carbocycles. The highest BCUT2D eigenvalue weighted by Crippen LogP contribution is 2.27. The van der Waals surface area contributed by atoms with Crippen molar-refractivity contribution in [2.24, 2.45) is 7.05 Å². The van der Waals surface area contributed by atoms with Crippen molar-refractivity contribution in [2.45, 2.75) is 6.42 Å². The zero-order chi connectivity index (χ0) is 19.1. The minimum Gasteiger partial charge on any atom is -0.352 e. The average Bonchev–Trinajstić information content (AvgIpc) is 3.33. The van der Waals surface area contributed by atoms with Crippen LogP contribution in [0.4, 0.5) is 11.5 Å². The van der Waals surface area contributed by atoms with Gasteiger partial charge in [-0.1, -0.05) is 23.4 Å². The van der Waals surface area contributed by atoms with Crippen LogP contribution in [0.3, 0.4) is 0 Å². The molecular weight excluding hydrogens is 356 g/mol. The fourth-order valence-electron chi connectivity index (χ4n) is 4.06. The lowest BCUT2D eigenvalue weighted by atomic mass is 10.2. The Kier molecular flexibility index (Phi) is 4.16. The molecule has 1 fully saturated rings. The third kappa shape index (κ3) is 2.88. The van der Waals surface area contributed by atoms with Crippen molar-refractivity contribution in [3.05, 3.63) is 36.2 Å². The second-order valence-electron chi connectivity index (χ2n) is 7.27. The van der Waals surface area contributed by atoms with E-state index in [9.17, 15) is 4.79 Å². The number of nitrogens with zero attached hydrogens (tertiary/aromatic N) is 8. The van der Waals surface area contributed by atoms with Crippen molar-refractivity contribution in [3.63, 3.8) is 0 Å². The first-order chi connectivity index (χ1) is 13.7. The lowest BCUT2D eigenvalue weighted by Crippen LogP contribution is -2.50. The Morgan fingerprint density at radius 1 is 1.07 bits per heavy atom. The Bertz CT molecular complexity index is 1020. The van der Waals surface area contributed by atoms with Crippen LogP contribution >= 0.6 is 0 Å². The van der Waals surface area contributed by atoms with Gasteiger partial charge in [-0.2, -0.15) is 0 Å². The Labute approximate surface area is 162 Å². The van der Waals surface area contributed by atoms with Gasteiger partial charge in [0.25, 0.3) is 0 Å². The molecule has 2 aliphatic heterocycles. The number of rotatable bonds is 3. The number of fused-ring (bicyclic) bond motifs is 2. The van der Waals surface area contributed by atoms with Gasteiger partial charge in [-0.25, -0.2) is 14.6 Å². The quantitative estimate of drug-likeness (QED) is 0.655. The number of carbonyl (C=O) groups excluding carboxylic acids is 1. The number of anilines is 2. The molecule has 2 aliphatic rings. The summed E-state index contributed by atoms with van der Waals surface area (Å²) in [6.07, 6.45) is 2.50. The molecule has 4 heterocycles. The van der Waals surface area contributed by atoms with E-state index in [1.165, 1.54) is 5.56 Å². The molecule has 9 nitrogen and oxygen atoms in total. The molecule has 0 spiro atoms. The molecule has 144 valence electrons. The van der Waals surface area contributed by atoms with Gasteiger partial charge in [-0.15, -0.1) is 5.10 Å². The molecule has 0 radical (unpaired) electrons. The second kappa shape index (κ2) is 6.83. The largest absolute Gasteiger partial charge is 0.352 e. The smallest absolute Gasteiger partial charge is 0.241 e. The van der Waals surface area contributed by atoms with Gasteiger partial charge in [0, 0.05) is 45.5 Å². The number of para-hydroxylation sites is 1. The van der Waals surface area contributed by atoms with Gasteiger partial charge in [-0.3, -0.25) is 9.69 Å². The standard InChI is InChI=1S/C19H22N8O/c1-24-18-17(22-23-24)19(21-13-20-18)26-10-8-25(9-11-26)12-16(28)27-7-6-14-4-2-3-5-15(14)27/h2-5,13H,6-12H2,1H3. The van der Waals surface area contributed by atoms with Crippen LogP contribution in [0.25, 0.3) is 11.2 Å². The first kappa shape index (κ1) is 17.1. The predicted molar refractivity (Wildman–Crippen MR) is 105 cm³/mol. The van der Waals surface area contributed by atoms with Crippen LogP contribution in [0.1, 0.15) is 5.56 Å². The van der Waals surface area contributed by atoms with Gasteiger partial charge in [0.2, 0.25) is 5.91 Å². The molecule has 0 aliphatic carbocycles. The van der Waals surface area contributed by atoms with Crippen LogP contribution in [-0.2, 0) is 18.3 Å². The van der Waals surface area contributed by atoms with Gasteiger partial charge in [0.1, 0.15) is 6.33 Å². The highest BCUT2D eigenvalue weighted by Gasteiger charge is 2.27. The van der Waals surface area contributed by atoms with Crippen molar-refractivity contribution in [2.75, 3.05) is 49.1 Å². The van der Waals surface area contributed by atoms with Gasteiger partial charge in [0.15, 0.2) is 17.0 Å². The first-order valence-corrected chi connectivity index (χ1v) is 9.56. The normalized spacial score (nSPS) is 17.3. The van der Waals surface area contributed by atoms with E-state index in [0.717, 1.165) is 61.8 Å². The second-order valence-corrected chi connectivity index (χ2v) is 7.27. The first-order valence-electron chi connectivity index (χ1n) is 9.56. The molecule has 1 saturated heterocycles. The molecule has 9 heteroatoms. The topological polar surface area (TPSA) is 83.3 Å².